The molecule has 100 valence electrons. The maximum Gasteiger partial charge on any atom is 0.345 e. The second-order valence-electron chi connectivity index (χ2n) is 4.03. The van der Waals surface area contributed by atoms with Crippen molar-refractivity contribution in [3.63, 3.8) is 0 Å². The molecule has 0 fully saturated rings. The van der Waals surface area contributed by atoms with Gasteiger partial charge in [-0.2, -0.15) is 0 Å². The van der Waals surface area contributed by atoms with Crippen molar-refractivity contribution in [2.75, 3.05) is 7.11 Å². The molecular formula is C14H15NO3S. The first-order chi connectivity index (χ1) is 9.19. The van der Waals surface area contributed by atoms with Crippen LogP contribution < -0.4 is 10.1 Å². The normalized spacial score (nSPS) is 10.4. The molecule has 1 heterocycles. The number of ether oxygens (including phenoxy) is 1. The predicted molar refractivity (Wildman–Crippen MR) is 74.8 cm³/mol. The zero-order chi connectivity index (χ0) is 13.7. The summed E-state index contributed by atoms with van der Waals surface area (Å²) in [7, 11) is 1.64. The van der Waals surface area contributed by atoms with Gasteiger partial charge < -0.3 is 15.2 Å². The van der Waals surface area contributed by atoms with Gasteiger partial charge in [-0.15, -0.1) is 11.3 Å². The van der Waals surface area contributed by atoms with Crippen molar-refractivity contribution in [3.8, 4) is 5.75 Å². The average Bonchev–Trinajstić information content (AvgIpc) is 2.88. The first kappa shape index (κ1) is 13.6. The third-order valence-corrected chi connectivity index (χ3v) is 3.71. The lowest BCUT2D eigenvalue weighted by atomic mass is 10.2. The minimum Gasteiger partial charge on any atom is -0.497 e. The van der Waals surface area contributed by atoms with Gasteiger partial charge in [-0.3, -0.25) is 0 Å². The standard InChI is InChI=1S/C14H15NO3S/c1-18-11-4-2-3-10(7-11)8-15-9-12-5-6-13(19-12)14(16)17/h2-7,15H,8-9H2,1H3,(H,16,17). The Hall–Kier alpha value is -1.85. The third-order valence-electron chi connectivity index (χ3n) is 2.63. The summed E-state index contributed by atoms with van der Waals surface area (Å²) in [6, 6.07) is 11.3. The van der Waals surface area contributed by atoms with Gasteiger partial charge in [-0.1, -0.05) is 12.1 Å². The molecule has 0 radical (unpaired) electrons. The SMILES string of the molecule is COc1cccc(CNCc2ccc(C(=O)O)s2)c1. The largest absolute Gasteiger partial charge is 0.497 e. The highest BCUT2D eigenvalue weighted by Gasteiger charge is 2.06. The second-order valence-corrected chi connectivity index (χ2v) is 5.19. The van der Waals surface area contributed by atoms with Crippen molar-refractivity contribution in [2.24, 2.45) is 0 Å². The summed E-state index contributed by atoms with van der Waals surface area (Å²) in [6.07, 6.45) is 0. The van der Waals surface area contributed by atoms with Gasteiger partial charge in [-0.25, -0.2) is 4.79 Å². The molecule has 0 aliphatic rings. The van der Waals surface area contributed by atoms with Gasteiger partial charge in [0.2, 0.25) is 0 Å². The average molecular weight is 277 g/mol. The molecule has 1 aromatic carbocycles. The van der Waals surface area contributed by atoms with E-state index in [1.54, 1.807) is 13.2 Å². The number of rotatable bonds is 6. The second kappa shape index (κ2) is 6.36. The lowest BCUT2D eigenvalue weighted by Crippen LogP contribution is -2.11. The van der Waals surface area contributed by atoms with Crippen LogP contribution in [0.3, 0.4) is 0 Å². The van der Waals surface area contributed by atoms with Gasteiger partial charge >= 0.3 is 5.97 Å². The van der Waals surface area contributed by atoms with Crippen molar-refractivity contribution in [3.05, 3.63) is 51.7 Å². The van der Waals surface area contributed by atoms with Crippen LogP contribution >= 0.6 is 11.3 Å². The molecule has 0 spiro atoms. The number of hydrogen-bond donors (Lipinski definition) is 2. The molecule has 0 bridgehead atoms. The molecule has 0 saturated carbocycles. The van der Waals surface area contributed by atoms with E-state index < -0.39 is 5.97 Å². The van der Waals surface area contributed by atoms with Crippen molar-refractivity contribution in [1.82, 2.24) is 5.32 Å². The van der Waals surface area contributed by atoms with E-state index in [4.69, 9.17) is 9.84 Å². The van der Waals surface area contributed by atoms with Gasteiger partial charge in [0.15, 0.2) is 0 Å². The summed E-state index contributed by atoms with van der Waals surface area (Å²) in [5.41, 5.74) is 1.13. The van der Waals surface area contributed by atoms with E-state index in [-0.39, 0.29) is 0 Å². The van der Waals surface area contributed by atoms with E-state index in [1.165, 1.54) is 11.3 Å². The summed E-state index contributed by atoms with van der Waals surface area (Å²) >= 11 is 1.30. The van der Waals surface area contributed by atoms with Crippen LogP contribution in [0.1, 0.15) is 20.1 Å². The highest BCUT2D eigenvalue weighted by Crippen LogP contribution is 2.17. The van der Waals surface area contributed by atoms with E-state index in [9.17, 15) is 4.79 Å². The molecule has 0 aliphatic carbocycles. The molecule has 0 atom stereocenters. The first-order valence-corrected chi connectivity index (χ1v) is 6.66. The molecule has 19 heavy (non-hydrogen) atoms. The van der Waals surface area contributed by atoms with Gasteiger partial charge in [0.25, 0.3) is 0 Å². The van der Waals surface area contributed by atoms with Crippen LogP contribution in [-0.2, 0) is 13.1 Å². The highest BCUT2D eigenvalue weighted by atomic mass is 32.1. The number of aromatic carboxylic acids is 1. The molecule has 2 rings (SSSR count). The maximum atomic E-state index is 10.8. The fourth-order valence-electron chi connectivity index (χ4n) is 1.70. The number of hydrogen-bond acceptors (Lipinski definition) is 4. The fourth-order valence-corrected chi connectivity index (χ4v) is 2.52. The summed E-state index contributed by atoms with van der Waals surface area (Å²) in [5.74, 6) is -0.0346. The molecule has 0 unspecified atom stereocenters. The molecule has 0 aliphatic heterocycles. The van der Waals surface area contributed by atoms with E-state index >= 15 is 0 Å². The van der Waals surface area contributed by atoms with Crippen LogP contribution in [0.2, 0.25) is 0 Å². The summed E-state index contributed by atoms with van der Waals surface area (Å²) in [6.45, 7) is 1.38. The van der Waals surface area contributed by atoms with Crippen LogP contribution in [0.5, 0.6) is 5.75 Å². The van der Waals surface area contributed by atoms with E-state index in [0.717, 1.165) is 22.7 Å². The minimum absolute atomic E-state index is 0.373. The quantitative estimate of drug-likeness (QED) is 0.852. The van der Waals surface area contributed by atoms with E-state index in [0.29, 0.717) is 11.4 Å². The predicted octanol–water partition coefficient (Wildman–Crippen LogP) is 2.74. The zero-order valence-electron chi connectivity index (χ0n) is 10.6. The molecule has 2 N–H and O–H groups in total. The Kier molecular flexibility index (Phi) is 4.54. The Labute approximate surface area is 115 Å². The van der Waals surface area contributed by atoms with Gasteiger partial charge in [0, 0.05) is 18.0 Å². The van der Waals surface area contributed by atoms with Crippen molar-refractivity contribution < 1.29 is 14.6 Å². The molecule has 0 amide bonds. The van der Waals surface area contributed by atoms with E-state index in [2.05, 4.69) is 5.32 Å². The Morgan fingerprint density at radius 3 is 2.84 bits per heavy atom. The lowest BCUT2D eigenvalue weighted by molar-refractivity contribution is 0.0702. The molecule has 2 aromatic rings. The number of nitrogens with one attached hydrogen (secondary N) is 1. The highest BCUT2D eigenvalue weighted by molar-refractivity contribution is 7.13. The molecule has 0 saturated heterocycles. The summed E-state index contributed by atoms with van der Waals surface area (Å²) < 4.78 is 5.16. The summed E-state index contributed by atoms with van der Waals surface area (Å²) in [4.78, 5) is 12.1. The van der Waals surface area contributed by atoms with E-state index in [1.807, 2.05) is 30.3 Å². The monoisotopic (exact) mass is 277 g/mol. The Morgan fingerprint density at radius 1 is 1.32 bits per heavy atom. The van der Waals surface area contributed by atoms with Crippen molar-refractivity contribution in [2.45, 2.75) is 13.1 Å². The topological polar surface area (TPSA) is 58.6 Å². The lowest BCUT2D eigenvalue weighted by Gasteiger charge is -2.05. The minimum atomic E-state index is -0.871. The molecule has 5 heteroatoms. The smallest absolute Gasteiger partial charge is 0.345 e. The first-order valence-electron chi connectivity index (χ1n) is 5.84. The zero-order valence-corrected chi connectivity index (χ0v) is 11.4. The van der Waals surface area contributed by atoms with Gasteiger partial charge in [0.05, 0.1) is 7.11 Å². The van der Waals surface area contributed by atoms with Crippen LogP contribution in [0.25, 0.3) is 0 Å². The Bertz CT molecular complexity index is 565. The third kappa shape index (κ3) is 3.81. The molecule has 1 aromatic heterocycles. The fraction of sp³-hybridized carbons (Fsp3) is 0.214. The number of benzene rings is 1. The van der Waals surface area contributed by atoms with Gasteiger partial charge in [-0.05, 0) is 29.8 Å². The number of thiophene rings is 1. The van der Waals surface area contributed by atoms with Crippen LogP contribution in [0.15, 0.2) is 36.4 Å². The van der Waals surface area contributed by atoms with Gasteiger partial charge in [0.1, 0.15) is 10.6 Å². The van der Waals surface area contributed by atoms with Crippen molar-refractivity contribution in [1.29, 1.82) is 0 Å². The van der Waals surface area contributed by atoms with Crippen LogP contribution in [0, 0.1) is 0 Å². The molecule has 4 nitrogen and oxygen atoms in total. The maximum absolute atomic E-state index is 10.8. The van der Waals surface area contributed by atoms with Crippen LogP contribution in [0.4, 0.5) is 0 Å². The van der Waals surface area contributed by atoms with Crippen molar-refractivity contribution >= 4 is 17.3 Å². The van der Waals surface area contributed by atoms with Crippen LogP contribution in [-0.4, -0.2) is 18.2 Å². The number of methoxy groups -OCH3 is 1. The Morgan fingerprint density at radius 2 is 2.16 bits per heavy atom. The Balaban J connectivity index is 1.86. The summed E-state index contributed by atoms with van der Waals surface area (Å²) in [5, 5.41) is 12.1. The number of carboxylic acids is 1. The number of carbonyl (C=O) groups is 1. The molecular weight excluding hydrogens is 262 g/mol. The number of carboxylic acid groups (broad SMARTS) is 1.